The lowest BCUT2D eigenvalue weighted by Crippen LogP contribution is -2.68. The summed E-state index contributed by atoms with van der Waals surface area (Å²) in [5.74, 6) is -9.94. The number of esters is 1. The molecule has 7 unspecified atom stereocenters. The van der Waals surface area contributed by atoms with Gasteiger partial charge in [-0.15, -0.1) is 0 Å². The first kappa shape index (κ1) is 18.8. The van der Waals surface area contributed by atoms with Crippen LogP contribution in [-0.2, 0) is 14.3 Å². The number of alkyl halides is 5. The fourth-order valence-corrected chi connectivity index (χ4v) is 4.65. The van der Waals surface area contributed by atoms with Gasteiger partial charge in [0, 0.05) is 6.42 Å². The summed E-state index contributed by atoms with van der Waals surface area (Å²) in [4.78, 5) is 12.3. The summed E-state index contributed by atoms with van der Waals surface area (Å²) in [6.07, 6.45) is -7.37. The SMILES string of the molecule is CC1C2CC(C(=O)OC3CCOC(O)(C(F)(F)F)C3(F)F)C(C2)C1C. The molecule has 3 aliphatic rings. The van der Waals surface area contributed by atoms with Gasteiger partial charge < -0.3 is 14.6 Å². The van der Waals surface area contributed by atoms with E-state index in [4.69, 9.17) is 4.74 Å². The summed E-state index contributed by atoms with van der Waals surface area (Å²) < 4.78 is 75.7. The average molecular weight is 372 g/mol. The van der Waals surface area contributed by atoms with Crippen LogP contribution in [-0.4, -0.2) is 41.7 Å². The molecule has 2 saturated carbocycles. The highest BCUT2D eigenvalue weighted by molar-refractivity contribution is 5.74. The van der Waals surface area contributed by atoms with Gasteiger partial charge in [-0.1, -0.05) is 13.8 Å². The Kier molecular flexibility index (Phi) is 4.34. The zero-order chi connectivity index (χ0) is 18.8. The van der Waals surface area contributed by atoms with E-state index in [1.54, 1.807) is 0 Å². The Bertz CT molecular complexity index is 549. The molecule has 0 radical (unpaired) electrons. The first-order valence-corrected chi connectivity index (χ1v) is 8.41. The lowest BCUT2D eigenvalue weighted by molar-refractivity contribution is -0.456. The van der Waals surface area contributed by atoms with Gasteiger partial charge in [0.2, 0.25) is 0 Å². The van der Waals surface area contributed by atoms with Crippen LogP contribution in [0.3, 0.4) is 0 Å². The largest absolute Gasteiger partial charge is 0.455 e. The molecule has 1 heterocycles. The Morgan fingerprint density at radius 3 is 2.36 bits per heavy atom. The minimum Gasteiger partial charge on any atom is -0.455 e. The second-order valence-corrected chi connectivity index (χ2v) is 7.55. The number of ether oxygens (including phenoxy) is 2. The molecule has 0 aromatic carbocycles. The summed E-state index contributed by atoms with van der Waals surface area (Å²) in [5.41, 5.74) is 0. The molecule has 1 saturated heterocycles. The maximum Gasteiger partial charge on any atom is 0.449 e. The molecule has 0 aromatic heterocycles. The van der Waals surface area contributed by atoms with E-state index in [0.717, 1.165) is 6.42 Å². The number of rotatable bonds is 2. The van der Waals surface area contributed by atoms with Crippen molar-refractivity contribution < 1.29 is 41.3 Å². The Morgan fingerprint density at radius 2 is 1.84 bits per heavy atom. The van der Waals surface area contributed by atoms with E-state index in [-0.39, 0.29) is 11.8 Å². The van der Waals surface area contributed by atoms with Gasteiger partial charge in [0.05, 0.1) is 12.5 Å². The van der Waals surface area contributed by atoms with Crippen LogP contribution in [0.15, 0.2) is 0 Å². The van der Waals surface area contributed by atoms with Gasteiger partial charge in [0.1, 0.15) is 0 Å². The van der Waals surface area contributed by atoms with Crippen molar-refractivity contribution in [1.82, 2.24) is 0 Å². The Labute approximate surface area is 141 Å². The monoisotopic (exact) mass is 372 g/mol. The molecule has 1 aliphatic heterocycles. The fraction of sp³-hybridized carbons (Fsp3) is 0.938. The van der Waals surface area contributed by atoms with Crippen molar-refractivity contribution in [3.05, 3.63) is 0 Å². The molecule has 7 atom stereocenters. The van der Waals surface area contributed by atoms with Gasteiger partial charge in [0.25, 0.3) is 0 Å². The van der Waals surface area contributed by atoms with E-state index < -0.39 is 48.9 Å². The molecule has 0 spiro atoms. The van der Waals surface area contributed by atoms with Crippen LogP contribution in [0.4, 0.5) is 22.0 Å². The number of hydrogen-bond acceptors (Lipinski definition) is 4. The highest BCUT2D eigenvalue weighted by Gasteiger charge is 2.76. The predicted molar refractivity (Wildman–Crippen MR) is 74.4 cm³/mol. The summed E-state index contributed by atoms with van der Waals surface area (Å²) >= 11 is 0. The highest BCUT2D eigenvalue weighted by atomic mass is 19.4. The quantitative estimate of drug-likeness (QED) is 0.598. The van der Waals surface area contributed by atoms with Gasteiger partial charge in [-0.3, -0.25) is 4.79 Å². The third kappa shape index (κ3) is 2.65. The van der Waals surface area contributed by atoms with Crippen LogP contribution in [0, 0.1) is 29.6 Å². The molecule has 9 heteroatoms. The summed E-state index contributed by atoms with van der Waals surface area (Å²) in [7, 11) is 0. The number of aliphatic hydroxyl groups is 1. The summed E-state index contributed by atoms with van der Waals surface area (Å²) in [6, 6.07) is 0. The molecule has 4 nitrogen and oxygen atoms in total. The summed E-state index contributed by atoms with van der Waals surface area (Å²) in [6.45, 7) is 3.28. The van der Waals surface area contributed by atoms with Crippen LogP contribution < -0.4 is 0 Å². The van der Waals surface area contributed by atoms with Crippen molar-refractivity contribution in [1.29, 1.82) is 0 Å². The van der Waals surface area contributed by atoms with Crippen LogP contribution in [0.1, 0.15) is 33.1 Å². The molecule has 144 valence electrons. The first-order chi connectivity index (χ1) is 11.4. The van der Waals surface area contributed by atoms with Gasteiger partial charge in [0.15, 0.2) is 6.10 Å². The number of halogens is 5. The van der Waals surface area contributed by atoms with Crippen molar-refractivity contribution in [3.8, 4) is 0 Å². The number of carbonyl (C=O) groups is 1. The minimum atomic E-state index is -5.71. The lowest BCUT2D eigenvalue weighted by atomic mass is 9.76. The van der Waals surface area contributed by atoms with E-state index >= 15 is 0 Å². The smallest absolute Gasteiger partial charge is 0.449 e. The minimum absolute atomic E-state index is 0.00228. The maximum atomic E-state index is 14.2. The van der Waals surface area contributed by atoms with Crippen molar-refractivity contribution in [2.45, 2.75) is 57.1 Å². The molecule has 2 bridgehead atoms. The van der Waals surface area contributed by atoms with E-state index in [0.29, 0.717) is 18.3 Å². The van der Waals surface area contributed by atoms with E-state index in [1.807, 2.05) is 6.92 Å². The predicted octanol–water partition coefficient (Wildman–Crippen LogP) is 3.13. The molecule has 2 aliphatic carbocycles. The van der Waals surface area contributed by atoms with Crippen LogP contribution >= 0.6 is 0 Å². The maximum absolute atomic E-state index is 14.2. The molecule has 25 heavy (non-hydrogen) atoms. The molecule has 0 aromatic rings. The Hall–Kier alpha value is -0.960. The zero-order valence-electron chi connectivity index (χ0n) is 13.9. The van der Waals surface area contributed by atoms with Crippen molar-refractivity contribution in [2.24, 2.45) is 29.6 Å². The summed E-state index contributed by atoms with van der Waals surface area (Å²) in [5, 5.41) is 9.38. The first-order valence-electron chi connectivity index (χ1n) is 8.41. The van der Waals surface area contributed by atoms with Gasteiger partial charge in [-0.2, -0.15) is 22.0 Å². The number of fused-ring (bicyclic) bond motifs is 2. The van der Waals surface area contributed by atoms with E-state index in [2.05, 4.69) is 11.7 Å². The van der Waals surface area contributed by atoms with Crippen LogP contribution in [0.5, 0.6) is 0 Å². The van der Waals surface area contributed by atoms with Gasteiger partial charge in [-0.05, 0) is 36.5 Å². The average Bonchev–Trinajstić information content (AvgIpc) is 3.04. The van der Waals surface area contributed by atoms with E-state index in [9.17, 15) is 31.9 Å². The second kappa shape index (κ2) is 5.77. The van der Waals surface area contributed by atoms with Gasteiger partial charge in [-0.25, -0.2) is 0 Å². The van der Waals surface area contributed by atoms with Crippen LogP contribution in [0.2, 0.25) is 0 Å². The van der Waals surface area contributed by atoms with Crippen molar-refractivity contribution in [3.63, 3.8) is 0 Å². The molecule has 3 fully saturated rings. The highest BCUT2D eigenvalue weighted by Crippen LogP contribution is 2.56. The topological polar surface area (TPSA) is 55.8 Å². The zero-order valence-corrected chi connectivity index (χ0v) is 13.9. The second-order valence-electron chi connectivity index (χ2n) is 7.55. The van der Waals surface area contributed by atoms with Crippen LogP contribution in [0.25, 0.3) is 0 Å². The molecule has 3 rings (SSSR count). The molecule has 1 N–H and O–H groups in total. The number of hydrogen-bond donors (Lipinski definition) is 1. The molecule has 0 amide bonds. The van der Waals surface area contributed by atoms with Gasteiger partial charge >= 0.3 is 23.9 Å². The Morgan fingerprint density at radius 1 is 1.20 bits per heavy atom. The Balaban J connectivity index is 1.74. The van der Waals surface area contributed by atoms with Crippen molar-refractivity contribution in [2.75, 3.05) is 6.61 Å². The standard InChI is InChI=1S/C16H21F5O4/c1-7-8(2)10-5-9(7)6-11(10)13(22)25-12-3-4-24-15(23,14(12,17)18)16(19,20)21/h7-12,23H,3-6H2,1-2H3. The molecular formula is C16H21F5O4. The van der Waals surface area contributed by atoms with E-state index in [1.165, 1.54) is 0 Å². The number of carbonyl (C=O) groups excluding carboxylic acids is 1. The fourth-order valence-electron chi connectivity index (χ4n) is 4.65. The normalized spacial score (nSPS) is 46.2. The third-order valence-corrected chi connectivity index (χ3v) is 6.39. The molecular weight excluding hydrogens is 351 g/mol. The third-order valence-electron chi connectivity index (χ3n) is 6.39. The van der Waals surface area contributed by atoms with Crippen molar-refractivity contribution >= 4 is 5.97 Å². The lowest BCUT2D eigenvalue weighted by Gasteiger charge is -2.43.